The lowest BCUT2D eigenvalue weighted by Crippen LogP contribution is -2.65. The van der Waals surface area contributed by atoms with Crippen LogP contribution in [0, 0.1) is 0 Å². The van der Waals surface area contributed by atoms with Crippen molar-refractivity contribution in [3.05, 3.63) is 30.3 Å². The molecule has 2 aliphatic heterocycles. The van der Waals surface area contributed by atoms with Crippen molar-refractivity contribution >= 4 is 41.5 Å². The van der Waals surface area contributed by atoms with E-state index in [0.29, 0.717) is 24.9 Å². The Kier molecular flexibility index (Phi) is 9.37. The molecule has 0 aliphatic carbocycles. The Labute approximate surface area is 216 Å². The van der Waals surface area contributed by atoms with Gasteiger partial charge in [-0.15, -0.1) is 0 Å². The summed E-state index contributed by atoms with van der Waals surface area (Å²) >= 11 is 0. The molecule has 0 bridgehead atoms. The highest BCUT2D eigenvalue weighted by molar-refractivity contribution is 6.01. The molecule has 4 atom stereocenters. The number of carbonyl (C=O) groups is 6. The van der Waals surface area contributed by atoms with Gasteiger partial charge in [0.25, 0.3) is 0 Å². The minimum absolute atomic E-state index is 0.197. The topological polar surface area (TPSA) is 154 Å². The maximum atomic E-state index is 13.6. The van der Waals surface area contributed by atoms with Gasteiger partial charge in [0.05, 0.1) is 6.42 Å². The maximum Gasteiger partial charge on any atom is 0.246 e. The summed E-state index contributed by atoms with van der Waals surface area (Å²) in [5, 5.41) is 10.8. The SMILES string of the molecule is CC[C@]1(C)NC(=O)[C@H](CCCC=O)NC(=O)[C@H]2CCCN2C(=O)[C@H](CC(=O)Nc2ccccc2)NC1=O. The van der Waals surface area contributed by atoms with Crippen molar-refractivity contribution in [2.75, 3.05) is 11.9 Å². The molecule has 5 amide bonds. The third kappa shape index (κ3) is 6.93. The molecule has 1 aromatic carbocycles. The summed E-state index contributed by atoms with van der Waals surface area (Å²) in [7, 11) is 0. The Balaban J connectivity index is 1.89. The summed E-state index contributed by atoms with van der Waals surface area (Å²) in [5.74, 6) is -2.64. The highest BCUT2D eigenvalue weighted by Crippen LogP contribution is 2.22. The molecule has 200 valence electrons. The largest absolute Gasteiger partial charge is 0.343 e. The van der Waals surface area contributed by atoms with Crippen LogP contribution in [0.2, 0.25) is 0 Å². The third-order valence-corrected chi connectivity index (χ3v) is 6.94. The van der Waals surface area contributed by atoms with Crippen molar-refractivity contribution in [2.45, 2.75) is 82.5 Å². The highest BCUT2D eigenvalue weighted by atomic mass is 16.2. The fourth-order valence-corrected chi connectivity index (χ4v) is 4.55. The van der Waals surface area contributed by atoms with Crippen LogP contribution < -0.4 is 21.3 Å². The van der Waals surface area contributed by atoms with Gasteiger partial charge in [-0.1, -0.05) is 25.1 Å². The number of carbonyl (C=O) groups excluding carboxylic acids is 6. The van der Waals surface area contributed by atoms with E-state index in [-0.39, 0.29) is 32.2 Å². The molecule has 0 aromatic heterocycles. The smallest absolute Gasteiger partial charge is 0.246 e. The average Bonchev–Trinajstić information content (AvgIpc) is 3.37. The number of aldehydes is 1. The van der Waals surface area contributed by atoms with Crippen molar-refractivity contribution in [3.8, 4) is 0 Å². The normalized spacial score (nSPS) is 26.6. The quantitative estimate of drug-likeness (QED) is 0.296. The first kappa shape index (κ1) is 27.8. The molecule has 2 aliphatic rings. The number of fused-ring (bicyclic) bond motifs is 1. The summed E-state index contributed by atoms with van der Waals surface area (Å²) < 4.78 is 0. The molecule has 0 unspecified atom stereocenters. The van der Waals surface area contributed by atoms with E-state index in [1.807, 2.05) is 0 Å². The average molecular weight is 514 g/mol. The first-order chi connectivity index (χ1) is 17.7. The Morgan fingerprint density at radius 2 is 1.84 bits per heavy atom. The molecule has 2 saturated heterocycles. The van der Waals surface area contributed by atoms with E-state index in [9.17, 15) is 28.8 Å². The lowest BCUT2D eigenvalue weighted by molar-refractivity contribution is -0.145. The lowest BCUT2D eigenvalue weighted by Gasteiger charge is -2.35. The second-order valence-corrected chi connectivity index (χ2v) is 9.67. The van der Waals surface area contributed by atoms with E-state index >= 15 is 0 Å². The molecule has 4 N–H and O–H groups in total. The molecule has 11 heteroatoms. The zero-order chi connectivity index (χ0) is 27.0. The van der Waals surface area contributed by atoms with Crippen LogP contribution in [0.25, 0.3) is 0 Å². The molecule has 37 heavy (non-hydrogen) atoms. The van der Waals surface area contributed by atoms with Crippen LogP contribution in [0.15, 0.2) is 30.3 Å². The number of amides is 5. The predicted octanol–water partition coefficient (Wildman–Crippen LogP) is 0.644. The molecule has 0 radical (unpaired) electrons. The van der Waals surface area contributed by atoms with Gasteiger partial charge >= 0.3 is 0 Å². The second-order valence-electron chi connectivity index (χ2n) is 9.67. The summed E-state index contributed by atoms with van der Waals surface area (Å²) in [4.78, 5) is 78.3. The van der Waals surface area contributed by atoms with Gasteiger partial charge in [0.1, 0.15) is 30.0 Å². The van der Waals surface area contributed by atoms with Crippen molar-refractivity contribution < 1.29 is 28.8 Å². The van der Waals surface area contributed by atoms with Crippen molar-refractivity contribution in [2.24, 2.45) is 0 Å². The highest BCUT2D eigenvalue weighted by Gasteiger charge is 2.43. The maximum absolute atomic E-state index is 13.6. The number of hydrogen-bond acceptors (Lipinski definition) is 6. The van der Waals surface area contributed by atoms with E-state index in [4.69, 9.17) is 0 Å². The van der Waals surface area contributed by atoms with E-state index in [0.717, 1.165) is 6.29 Å². The van der Waals surface area contributed by atoms with Gasteiger partial charge in [-0.25, -0.2) is 0 Å². The van der Waals surface area contributed by atoms with Crippen molar-refractivity contribution in [1.29, 1.82) is 0 Å². The molecular weight excluding hydrogens is 478 g/mol. The first-order valence-electron chi connectivity index (χ1n) is 12.7. The minimum atomic E-state index is -1.40. The van der Waals surface area contributed by atoms with Crippen molar-refractivity contribution in [3.63, 3.8) is 0 Å². The number of unbranched alkanes of at least 4 members (excludes halogenated alkanes) is 1. The third-order valence-electron chi connectivity index (χ3n) is 6.94. The molecule has 2 heterocycles. The number of nitrogens with zero attached hydrogens (tertiary/aromatic N) is 1. The first-order valence-corrected chi connectivity index (χ1v) is 12.7. The van der Waals surface area contributed by atoms with Crippen LogP contribution in [0.5, 0.6) is 0 Å². The lowest BCUT2D eigenvalue weighted by atomic mass is 9.95. The van der Waals surface area contributed by atoms with Crippen LogP contribution in [-0.2, 0) is 28.8 Å². The summed E-state index contributed by atoms with van der Waals surface area (Å²) in [6.07, 6.45) is 2.37. The fourth-order valence-electron chi connectivity index (χ4n) is 4.55. The molecule has 0 saturated carbocycles. The van der Waals surface area contributed by atoms with Gasteiger partial charge in [0, 0.05) is 18.7 Å². The van der Waals surface area contributed by atoms with Gasteiger partial charge in [-0.2, -0.15) is 0 Å². The Bertz CT molecular complexity index is 1030. The van der Waals surface area contributed by atoms with Gasteiger partial charge in [-0.05, 0) is 51.2 Å². The number of anilines is 1. The molecule has 11 nitrogen and oxygen atoms in total. The Morgan fingerprint density at radius 1 is 1.11 bits per heavy atom. The number of hydrogen-bond donors (Lipinski definition) is 4. The number of para-hydroxylation sites is 1. The predicted molar refractivity (Wildman–Crippen MR) is 135 cm³/mol. The number of rotatable bonds is 8. The standard InChI is InChI=1S/C26H35N5O6/c1-3-26(2)25(37)29-19(16-21(33)27-17-10-5-4-6-11-17)24(36)31-14-9-13-20(31)23(35)28-18(22(34)30-26)12-7-8-15-32/h4-6,10-11,15,18-20H,3,7-9,12-14,16H2,1-2H3,(H,27,33)(H,28,35)(H,29,37)(H,30,34)/t18-,19-,20+,26-/m0/s1. The molecular formula is C26H35N5O6. The monoisotopic (exact) mass is 513 g/mol. The zero-order valence-corrected chi connectivity index (χ0v) is 21.2. The van der Waals surface area contributed by atoms with E-state index in [1.54, 1.807) is 37.3 Å². The molecule has 2 fully saturated rings. The van der Waals surface area contributed by atoms with Gasteiger partial charge in [0.15, 0.2) is 0 Å². The summed E-state index contributed by atoms with van der Waals surface area (Å²) in [6, 6.07) is 5.71. The van der Waals surface area contributed by atoms with Gasteiger partial charge in [0.2, 0.25) is 29.5 Å². The van der Waals surface area contributed by atoms with Gasteiger partial charge < -0.3 is 31.0 Å². The van der Waals surface area contributed by atoms with Crippen LogP contribution in [0.4, 0.5) is 5.69 Å². The van der Waals surface area contributed by atoms with E-state index < -0.39 is 53.2 Å². The Hall–Kier alpha value is -3.76. The summed E-state index contributed by atoms with van der Waals surface area (Å²) in [5.41, 5.74) is -0.855. The van der Waals surface area contributed by atoms with E-state index in [1.165, 1.54) is 11.8 Å². The van der Waals surface area contributed by atoms with Crippen LogP contribution in [0.3, 0.4) is 0 Å². The van der Waals surface area contributed by atoms with E-state index in [2.05, 4.69) is 21.3 Å². The summed E-state index contributed by atoms with van der Waals surface area (Å²) in [6.45, 7) is 3.53. The molecule has 1 aromatic rings. The van der Waals surface area contributed by atoms with Crippen LogP contribution >= 0.6 is 0 Å². The Morgan fingerprint density at radius 3 is 2.51 bits per heavy atom. The van der Waals surface area contributed by atoms with Crippen molar-refractivity contribution in [1.82, 2.24) is 20.9 Å². The fraction of sp³-hybridized carbons (Fsp3) is 0.538. The van der Waals surface area contributed by atoms with Crippen LogP contribution in [0.1, 0.15) is 58.8 Å². The van der Waals surface area contributed by atoms with Gasteiger partial charge in [-0.3, -0.25) is 24.0 Å². The molecule has 3 rings (SSSR count). The van der Waals surface area contributed by atoms with Crippen LogP contribution in [-0.4, -0.2) is 70.9 Å². The number of benzene rings is 1. The second kappa shape index (κ2) is 12.5. The number of nitrogens with one attached hydrogen (secondary N) is 4. The minimum Gasteiger partial charge on any atom is -0.343 e. The zero-order valence-electron chi connectivity index (χ0n) is 21.2. The molecule has 0 spiro atoms.